The molecule has 22 heavy (non-hydrogen) atoms. The minimum Gasteiger partial charge on any atom is -0.467 e. The van der Waals surface area contributed by atoms with Gasteiger partial charge in [0.05, 0.1) is 24.1 Å². The molecule has 0 radical (unpaired) electrons. The Balaban J connectivity index is 1.73. The van der Waals surface area contributed by atoms with Gasteiger partial charge in [0.15, 0.2) is 0 Å². The number of carbonyl (C=O) groups is 1. The predicted molar refractivity (Wildman–Crippen MR) is 75.2 cm³/mol. The molecule has 1 atom stereocenters. The minimum atomic E-state index is -0.904. The molecule has 1 unspecified atom stereocenters. The summed E-state index contributed by atoms with van der Waals surface area (Å²) >= 11 is 0. The topological polar surface area (TPSA) is 106 Å². The molecule has 1 amide bonds. The van der Waals surface area contributed by atoms with E-state index in [0.717, 1.165) is 0 Å². The number of hydrogen-bond donors (Lipinski definition) is 2. The number of nitrogens with one attached hydrogen (secondary N) is 1. The normalized spacial score (nSPS) is 12.0. The molecule has 8 nitrogen and oxygen atoms in total. The van der Waals surface area contributed by atoms with Crippen molar-refractivity contribution in [1.29, 1.82) is 0 Å². The zero-order valence-electron chi connectivity index (χ0n) is 11.5. The van der Waals surface area contributed by atoms with Gasteiger partial charge in [-0.3, -0.25) is 4.79 Å². The molecule has 0 saturated heterocycles. The van der Waals surface area contributed by atoms with Gasteiger partial charge in [0.25, 0.3) is 5.91 Å². The number of para-hydroxylation sites is 1. The second-order valence-electron chi connectivity index (χ2n) is 4.51. The van der Waals surface area contributed by atoms with Crippen LogP contribution >= 0.6 is 0 Å². The summed E-state index contributed by atoms with van der Waals surface area (Å²) in [7, 11) is 0. The molecule has 0 bridgehead atoms. The molecule has 1 aromatic carbocycles. The van der Waals surface area contributed by atoms with E-state index in [1.807, 2.05) is 0 Å². The van der Waals surface area contributed by atoms with Gasteiger partial charge >= 0.3 is 0 Å². The molecule has 0 fully saturated rings. The molecular weight excluding hydrogens is 286 g/mol. The third-order valence-corrected chi connectivity index (χ3v) is 3.07. The zero-order valence-corrected chi connectivity index (χ0v) is 11.5. The van der Waals surface area contributed by atoms with E-state index >= 15 is 0 Å². The van der Waals surface area contributed by atoms with Crippen LogP contribution in [0.15, 0.2) is 53.4 Å². The molecule has 2 aromatic heterocycles. The maximum absolute atomic E-state index is 12.3. The highest BCUT2D eigenvalue weighted by Gasteiger charge is 2.16. The van der Waals surface area contributed by atoms with Gasteiger partial charge in [0.1, 0.15) is 18.2 Å². The van der Waals surface area contributed by atoms with Crippen molar-refractivity contribution < 1.29 is 14.3 Å². The minimum absolute atomic E-state index is 0.0380. The molecule has 3 aromatic rings. The maximum Gasteiger partial charge on any atom is 0.253 e. The summed E-state index contributed by atoms with van der Waals surface area (Å²) in [5.74, 6) is 0.0609. The lowest BCUT2D eigenvalue weighted by Crippen LogP contribution is -2.29. The van der Waals surface area contributed by atoms with E-state index in [-0.39, 0.29) is 12.5 Å². The summed E-state index contributed by atoms with van der Waals surface area (Å²) in [6, 6.07) is 10.2. The molecule has 0 aliphatic heterocycles. The highest BCUT2D eigenvalue weighted by Crippen LogP contribution is 2.14. The van der Waals surface area contributed by atoms with Gasteiger partial charge in [-0.25, -0.2) is 0 Å². The fourth-order valence-corrected chi connectivity index (χ4v) is 2.00. The van der Waals surface area contributed by atoms with Crippen LogP contribution in [0.1, 0.15) is 22.2 Å². The first kappa shape index (κ1) is 14.0. The molecule has 0 aliphatic rings. The van der Waals surface area contributed by atoms with Gasteiger partial charge in [-0.15, -0.1) is 5.10 Å². The molecule has 3 rings (SSSR count). The van der Waals surface area contributed by atoms with Gasteiger partial charge in [0.2, 0.25) is 0 Å². The lowest BCUT2D eigenvalue weighted by Gasteiger charge is -2.11. The Labute approximate surface area is 125 Å². The number of benzene rings is 1. The summed E-state index contributed by atoms with van der Waals surface area (Å²) in [5.41, 5.74) is 0.957. The van der Waals surface area contributed by atoms with E-state index in [1.54, 1.807) is 36.4 Å². The average Bonchev–Trinajstić information content (AvgIpc) is 3.24. The van der Waals surface area contributed by atoms with Crippen LogP contribution in [0.4, 0.5) is 0 Å². The smallest absolute Gasteiger partial charge is 0.253 e. The summed E-state index contributed by atoms with van der Waals surface area (Å²) in [6.45, 7) is 0.0380. The van der Waals surface area contributed by atoms with Crippen molar-refractivity contribution in [2.24, 2.45) is 0 Å². The van der Waals surface area contributed by atoms with Crippen LogP contribution in [0.3, 0.4) is 0 Å². The number of aliphatic hydroxyl groups is 1. The lowest BCUT2D eigenvalue weighted by molar-refractivity contribution is 0.0901. The van der Waals surface area contributed by atoms with Crippen LogP contribution in [-0.2, 0) is 0 Å². The average molecular weight is 299 g/mol. The SMILES string of the molecule is O=C(NCC(O)c1ccco1)c1ccccc1-n1cnnn1. The lowest BCUT2D eigenvalue weighted by atomic mass is 10.1. The number of aromatic nitrogens is 4. The first-order valence-corrected chi connectivity index (χ1v) is 6.58. The van der Waals surface area contributed by atoms with E-state index < -0.39 is 6.10 Å². The van der Waals surface area contributed by atoms with Crippen LogP contribution < -0.4 is 5.32 Å². The monoisotopic (exact) mass is 299 g/mol. The maximum atomic E-state index is 12.3. The number of carbonyl (C=O) groups excluding carboxylic acids is 1. The van der Waals surface area contributed by atoms with Gasteiger partial charge < -0.3 is 14.8 Å². The van der Waals surface area contributed by atoms with Crippen LogP contribution in [-0.4, -0.2) is 37.8 Å². The Kier molecular flexibility index (Phi) is 3.92. The molecule has 0 saturated carbocycles. The van der Waals surface area contributed by atoms with Gasteiger partial charge in [-0.1, -0.05) is 12.1 Å². The number of tetrazole rings is 1. The Hall–Kier alpha value is -3.00. The van der Waals surface area contributed by atoms with Crippen LogP contribution in [0, 0.1) is 0 Å². The summed E-state index contributed by atoms with van der Waals surface area (Å²) in [5, 5.41) is 23.5. The predicted octanol–water partition coefficient (Wildman–Crippen LogP) is 0.719. The van der Waals surface area contributed by atoms with Crippen molar-refractivity contribution in [3.8, 4) is 5.69 Å². The van der Waals surface area contributed by atoms with Crippen LogP contribution in [0.25, 0.3) is 5.69 Å². The Morgan fingerprint density at radius 2 is 2.18 bits per heavy atom. The third-order valence-electron chi connectivity index (χ3n) is 3.07. The van der Waals surface area contributed by atoms with Crippen molar-refractivity contribution in [2.45, 2.75) is 6.10 Å². The molecule has 2 heterocycles. The molecule has 2 N–H and O–H groups in total. The van der Waals surface area contributed by atoms with Gasteiger partial charge in [-0.2, -0.15) is 4.68 Å². The fraction of sp³-hybridized carbons (Fsp3) is 0.143. The van der Waals surface area contributed by atoms with E-state index in [0.29, 0.717) is 17.0 Å². The van der Waals surface area contributed by atoms with Crippen molar-refractivity contribution in [3.63, 3.8) is 0 Å². The third kappa shape index (κ3) is 2.86. The second kappa shape index (κ2) is 6.19. The number of amides is 1. The Morgan fingerprint density at radius 1 is 1.32 bits per heavy atom. The van der Waals surface area contributed by atoms with E-state index in [2.05, 4.69) is 20.8 Å². The van der Waals surface area contributed by atoms with Crippen LogP contribution in [0.5, 0.6) is 0 Å². The van der Waals surface area contributed by atoms with Crippen molar-refractivity contribution >= 4 is 5.91 Å². The van der Waals surface area contributed by atoms with Crippen molar-refractivity contribution in [2.75, 3.05) is 6.54 Å². The number of rotatable bonds is 5. The molecule has 112 valence electrons. The Morgan fingerprint density at radius 3 is 2.91 bits per heavy atom. The number of furan rings is 1. The second-order valence-corrected chi connectivity index (χ2v) is 4.51. The summed E-state index contributed by atoms with van der Waals surface area (Å²) in [4.78, 5) is 12.3. The summed E-state index contributed by atoms with van der Waals surface area (Å²) < 4.78 is 6.48. The first-order valence-electron chi connectivity index (χ1n) is 6.58. The zero-order chi connectivity index (χ0) is 15.4. The van der Waals surface area contributed by atoms with Gasteiger partial charge in [0, 0.05) is 0 Å². The van der Waals surface area contributed by atoms with Crippen molar-refractivity contribution in [1.82, 2.24) is 25.5 Å². The Bertz CT molecular complexity index is 740. The number of hydrogen-bond acceptors (Lipinski definition) is 6. The van der Waals surface area contributed by atoms with E-state index in [9.17, 15) is 9.90 Å². The quantitative estimate of drug-likeness (QED) is 0.719. The largest absolute Gasteiger partial charge is 0.467 e. The standard InChI is InChI=1S/C14H13N5O3/c20-12(13-6-3-7-22-13)8-15-14(21)10-4-1-2-5-11(10)19-9-16-17-18-19/h1-7,9,12,20H,8H2,(H,15,21). The highest BCUT2D eigenvalue weighted by molar-refractivity contribution is 5.97. The summed E-state index contributed by atoms with van der Waals surface area (Å²) in [6.07, 6.45) is 1.97. The van der Waals surface area contributed by atoms with Crippen LogP contribution in [0.2, 0.25) is 0 Å². The number of aliphatic hydroxyl groups excluding tert-OH is 1. The molecule has 0 spiro atoms. The highest BCUT2D eigenvalue weighted by atomic mass is 16.4. The molecule has 8 heteroatoms. The van der Waals surface area contributed by atoms with Gasteiger partial charge in [-0.05, 0) is 34.7 Å². The molecule has 0 aliphatic carbocycles. The van der Waals surface area contributed by atoms with E-state index in [1.165, 1.54) is 17.3 Å². The first-order chi connectivity index (χ1) is 10.8. The fourth-order valence-electron chi connectivity index (χ4n) is 2.00. The molecular formula is C14H13N5O3. The number of nitrogens with zero attached hydrogens (tertiary/aromatic N) is 4. The van der Waals surface area contributed by atoms with Crippen molar-refractivity contribution in [3.05, 3.63) is 60.3 Å². The van der Waals surface area contributed by atoms with E-state index in [4.69, 9.17) is 4.42 Å².